The number of hydrogen-bond acceptors (Lipinski definition) is 3. The summed E-state index contributed by atoms with van der Waals surface area (Å²) >= 11 is 3.60. The average molecular weight is 530 g/mol. The fourth-order valence-corrected chi connectivity index (χ4v) is 5.50. The molecule has 196 valence electrons. The number of halogens is 1. The molecule has 0 aromatic heterocycles. The Balaban J connectivity index is 1.83. The quantitative estimate of drug-likeness (QED) is 0.0768. The zero-order chi connectivity index (χ0) is 24.0. The molecule has 4 heteroatoms. The van der Waals surface area contributed by atoms with E-state index in [-0.39, 0.29) is 11.1 Å². The molecule has 0 saturated heterocycles. The van der Waals surface area contributed by atoms with E-state index in [9.17, 15) is 5.11 Å². The molecular formula is C29H57BrN2O. The molecule has 0 spiro atoms. The van der Waals surface area contributed by atoms with Crippen LogP contribution in [0.25, 0.3) is 0 Å². The number of aliphatic hydroxyl groups is 1. The van der Waals surface area contributed by atoms with Crippen LogP contribution in [0.15, 0.2) is 4.99 Å². The van der Waals surface area contributed by atoms with Crippen LogP contribution < -0.4 is 0 Å². The van der Waals surface area contributed by atoms with Crippen molar-refractivity contribution >= 4 is 21.8 Å². The Labute approximate surface area is 215 Å². The van der Waals surface area contributed by atoms with Gasteiger partial charge in [-0.05, 0) is 12.8 Å². The maximum atomic E-state index is 10.6. The second kappa shape index (κ2) is 22.4. The van der Waals surface area contributed by atoms with Gasteiger partial charge in [0.05, 0.1) is 6.54 Å². The van der Waals surface area contributed by atoms with Crippen molar-refractivity contribution in [1.82, 2.24) is 4.90 Å². The number of nitrogens with zero attached hydrogens (tertiary/aromatic N) is 2. The summed E-state index contributed by atoms with van der Waals surface area (Å²) in [7, 11) is 0. The van der Waals surface area contributed by atoms with Crippen LogP contribution in [0.3, 0.4) is 0 Å². The molecule has 0 aliphatic carbocycles. The largest absolute Gasteiger partial charge is 0.385 e. The van der Waals surface area contributed by atoms with E-state index < -0.39 is 0 Å². The van der Waals surface area contributed by atoms with Crippen molar-refractivity contribution in [2.45, 2.75) is 166 Å². The summed E-state index contributed by atoms with van der Waals surface area (Å²) in [5.41, 5.74) is 0. The molecule has 0 amide bonds. The lowest BCUT2D eigenvalue weighted by atomic mass is 10.0. The van der Waals surface area contributed by atoms with Crippen LogP contribution in [0.4, 0.5) is 0 Å². The van der Waals surface area contributed by atoms with E-state index in [1.165, 1.54) is 128 Å². The van der Waals surface area contributed by atoms with Crippen LogP contribution in [0.5, 0.6) is 0 Å². The second-order valence-corrected chi connectivity index (χ2v) is 11.4. The normalized spacial score (nSPS) is 17.0. The van der Waals surface area contributed by atoms with Crippen molar-refractivity contribution in [1.29, 1.82) is 0 Å². The molecule has 1 aliphatic rings. The number of aliphatic imine (C=N–C) groups is 1. The van der Waals surface area contributed by atoms with Crippen LogP contribution in [-0.4, -0.2) is 40.0 Å². The summed E-state index contributed by atoms with van der Waals surface area (Å²) in [6.07, 6.45) is 29.5. The van der Waals surface area contributed by atoms with E-state index in [4.69, 9.17) is 0 Å². The highest BCUT2D eigenvalue weighted by Crippen LogP contribution is 2.20. The van der Waals surface area contributed by atoms with E-state index in [1.807, 2.05) is 0 Å². The highest BCUT2D eigenvalue weighted by molar-refractivity contribution is 9.09. The van der Waals surface area contributed by atoms with Crippen molar-refractivity contribution < 1.29 is 5.11 Å². The lowest BCUT2D eigenvalue weighted by Gasteiger charge is -2.23. The number of rotatable bonds is 24. The highest BCUT2D eigenvalue weighted by atomic mass is 79.9. The molecule has 0 fully saturated rings. The molecule has 1 heterocycles. The molecule has 1 N–H and O–H groups in total. The van der Waals surface area contributed by atoms with Crippen LogP contribution >= 0.6 is 15.9 Å². The third-order valence-electron chi connectivity index (χ3n) is 7.13. The Morgan fingerprint density at radius 1 is 0.697 bits per heavy atom. The van der Waals surface area contributed by atoms with E-state index in [2.05, 4.69) is 39.7 Å². The van der Waals surface area contributed by atoms with Crippen molar-refractivity contribution in [3.8, 4) is 0 Å². The van der Waals surface area contributed by atoms with Gasteiger partial charge in [-0.25, -0.2) is 0 Å². The first kappa shape index (κ1) is 30.9. The zero-order valence-electron chi connectivity index (χ0n) is 22.3. The van der Waals surface area contributed by atoms with Gasteiger partial charge in [0.2, 0.25) is 0 Å². The van der Waals surface area contributed by atoms with Crippen molar-refractivity contribution in [2.24, 2.45) is 4.99 Å². The SMILES string of the molecule is CCCCCCCCCCCCCCCCCCCCCC(O)C1=NC(Br)CN1CCCC. The van der Waals surface area contributed by atoms with Crippen molar-refractivity contribution in [3.63, 3.8) is 0 Å². The Kier molecular flexibility index (Phi) is 21.0. The molecule has 2 unspecified atom stereocenters. The molecular weight excluding hydrogens is 472 g/mol. The lowest BCUT2D eigenvalue weighted by molar-refractivity contribution is 0.208. The lowest BCUT2D eigenvalue weighted by Crippen LogP contribution is -2.37. The van der Waals surface area contributed by atoms with Crippen LogP contribution in [0, 0.1) is 0 Å². The van der Waals surface area contributed by atoms with E-state index in [0.29, 0.717) is 0 Å². The zero-order valence-corrected chi connectivity index (χ0v) is 23.9. The molecule has 33 heavy (non-hydrogen) atoms. The van der Waals surface area contributed by atoms with Gasteiger partial charge in [-0.3, -0.25) is 4.99 Å². The van der Waals surface area contributed by atoms with Crippen molar-refractivity contribution in [2.75, 3.05) is 13.1 Å². The fraction of sp³-hybridized carbons (Fsp3) is 0.966. The van der Waals surface area contributed by atoms with Crippen LogP contribution in [0.1, 0.15) is 155 Å². The highest BCUT2D eigenvalue weighted by Gasteiger charge is 2.27. The third kappa shape index (κ3) is 17.1. The van der Waals surface area contributed by atoms with Gasteiger partial charge in [-0.1, -0.05) is 158 Å². The second-order valence-electron chi connectivity index (χ2n) is 10.4. The Hall–Kier alpha value is -0.0900. The van der Waals surface area contributed by atoms with Gasteiger partial charge in [-0.15, -0.1) is 0 Å². The molecule has 0 bridgehead atoms. The molecule has 3 nitrogen and oxygen atoms in total. The molecule has 1 aliphatic heterocycles. The van der Waals surface area contributed by atoms with Crippen molar-refractivity contribution in [3.05, 3.63) is 0 Å². The maximum Gasteiger partial charge on any atom is 0.129 e. The van der Waals surface area contributed by atoms with Gasteiger partial charge in [-0.2, -0.15) is 0 Å². The molecule has 0 aromatic carbocycles. The number of aliphatic hydroxyl groups excluding tert-OH is 1. The topological polar surface area (TPSA) is 35.8 Å². The van der Waals surface area contributed by atoms with Gasteiger partial charge in [0, 0.05) is 6.54 Å². The molecule has 1 rings (SSSR count). The van der Waals surface area contributed by atoms with Gasteiger partial charge >= 0.3 is 0 Å². The first-order valence-electron chi connectivity index (χ1n) is 14.8. The molecule has 0 aromatic rings. The van der Waals surface area contributed by atoms with Gasteiger partial charge in [0.25, 0.3) is 0 Å². The van der Waals surface area contributed by atoms with E-state index >= 15 is 0 Å². The van der Waals surface area contributed by atoms with E-state index in [1.54, 1.807) is 0 Å². The summed E-state index contributed by atoms with van der Waals surface area (Å²) in [5, 5.41) is 10.6. The predicted octanol–water partition coefficient (Wildman–Crippen LogP) is 9.40. The van der Waals surface area contributed by atoms with E-state index in [0.717, 1.165) is 31.8 Å². The summed E-state index contributed by atoms with van der Waals surface area (Å²) in [6.45, 7) is 6.44. The van der Waals surface area contributed by atoms with Crippen LogP contribution in [0.2, 0.25) is 0 Å². The Morgan fingerprint density at radius 2 is 1.09 bits per heavy atom. The van der Waals surface area contributed by atoms with Gasteiger partial charge in [0.1, 0.15) is 16.9 Å². The standard InChI is InChI=1S/C29H57BrN2O/c1-3-5-7-8-9-10-11-12-13-14-15-16-17-18-19-20-21-22-23-24-27(33)29-31-28(30)26-32(29)25-6-4-2/h27-28,33H,3-26H2,1-2H3. The summed E-state index contributed by atoms with van der Waals surface area (Å²) < 4.78 is 0. The first-order valence-corrected chi connectivity index (χ1v) is 15.7. The third-order valence-corrected chi connectivity index (χ3v) is 7.62. The maximum absolute atomic E-state index is 10.6. The first-order chi connectivity index (χ1) is 16.2. The molecule has 0 saturated carbocycles. The number of hydrogen-bond donors (Lipinski definition) is 1. The minimum Gasteiger partial charge on any atom is -0.385 e. The Morgan fingerprint density at radius 3 is 1.52 bits per heavy atom. The Bertz CT molecular complexity index is 457. The molecule has 0 radical (unpaired) electrons. The van der Waals surface area contributed by atoms with Crippen LogP contribution in [-0.2, 0) is 0 Å². The summed E-state index contributed by atoms with van der Waals surface area (Å²) in [5.74, 6) is 0.924. The summed E-state index contributed by atoms with van der Waals surface area (Å²) in [4.78, 5) is 7.07. The monoisotopic (exact) mass is 528 g/mol. The minimum absolute atomic E-state index is 0.157. The molecule has 2 atom stereocenters. The summed E-state index contributed by atoms with van der Waals surface area (Å²) in [6, 6.07) is 0. The minimum atomic E-state index is -0.379. The number of amidine groups is 1. The average Bonchev–Trinajstić information content (AvgIpc) is 3.19. The number of unbranched alkanes of at least 4 members (excludes halogenated alkanes) is 19. The fourth-order valence-electron chi connectivity index (χ4n) is 4.94. The van der Waals surface area contributed by atoms with Gasteiger partial charge in [0.15, 0.2) is 0 Å². The number of alkyl halides is 1. The smallest absolute Gasteiger partial charge is 0.129 e. The van der Waals surface area contributed by atoms with Gasteiger partial charge < -0.3 is 10.0 Å². The predicted molar refractivity (Wildman–Crippen MR) is 151 cm³/mol.